The summed E-state index contributed by atoms with van der Waals surface area (Å²) in [6, 6.07) is 0. The van der Waals surface area contributed by atoms with Gasteiger partial charge in [0.05, 0.1) is 5.01 Å². The molecule has 150 valence electrons. The van der Waals surface area contributed by atoms with Crippen LogP contribution in [-0.4, -0.2) is 78.6 Å². The molecule has 2 aliphatic rings. The molecule has 7 nitrogen and oxygen atoms in total. The lowest BCUT2D eigenvalue weighted by atomic mass is 10.2. The first-order valence-corrected chi connectivity index (χ1v) is 10.9. The lowest BCUT2D eigenvalue weighted by Crippen LogP contribution is -2.55. The van der Waals surface area contributed by atoms with Crippen molar-refractivity contribution in [1.82, 2.24) is 20.1 Å². The molecule has 1 N–H and O–H groups in total. The van der Waals surface area contributed by atoms with Gasteiger partial charge >= 0.3 is 0 Å². The molecule has 3 rings (SSSR count). The van der Waals surface area contributed by atoms with E-state index < -0.39 is 0 Å². The van der Waals surface area contributed by atoms with Gasteiger partial charge in [0.15, 0.2) is 5.96 Å². The van der Waals surface area contributed by atoms with E-state index in [1.165, 1.54) is 4.88 Å². The molecule has 3 heterocycles. The quantitative estimate of drug-likeness (QED) is 0.586. The van der Waals surface area contributed by atoms with Crippen molar-refractivity contribution >= 4 is 23.2 Å². The standard InChI is InChI=1S/C19H31N5O2S/c1-3-15-14-22-17(27-15)7-8-21-19(20-4-2)24-11-9-23(10-12-24)18(25)16-6-5-13-26-16/h14,16H,3-13H2,1-2H3,(H,20,21). The number of carbonyl (C=O) groups excluding carboxylic acids is 1. The number of hydrogen-bond acceptors (Lipinski definition) is 5. The molecule has 0 spiro atoms. The predicted octanol–water partition coefficient (Wildman–Crippen LogP) is 1.54. The molecule has 0 bridgehead atoms. The van der Waals surface area contributed by atoms with Crippen LogP contribution >= 0.6 is 11.3 Å². The zero-order chi connectivity index (χ0) is 19.1. The van der Waals surface area contributed by atoms with Crippen LogP contribution in [0, 0.1) is 0 Å². The summed E-state index contributed by atoms with van der Waals surface area (Å²) in [5.74, 6) is 1.10. The van der Waals surface area contributed by atoms with Crippen LogP contribution in [0.25, 0.3) is 0 Å². The smallest absolute Gasteiger partial charge is 0.251 e. The van der Waals surface area contributed by atoms with Crippen molar-refractivity contribution in [3.63, 3.8) is 0 Å². The van der Waals surface area contributed by atoms with Crippen molar-refractivity contribution in [3.8, 4) is 0 Å². The number of aryl methyl sites for hydroxylation is 1. The van der Waals surface area contributed by atoms with E-state index in [0.29, 0.717) is 6.61 Å². The molecule has 0 aromatic carbocycles. The molecule has 1 atom stereocenters. The Kier molecular flexibility index (Phi) is 7.46. The van der Waals surface area contributed by atoms with Gasteiger partial charge in [-0.2, -0.15) is 0 Å². The van der Waals surface area contributed by atoms with Gasteiger partial charge in [0, 0.05) is 63.4 Å². The number of aliphatic imine (C=N–C) groups is 1. The van der Waals surface area contributed by atoms with E-state index in [4.69, 9.17) is 9.73 Å². The first-order valence-electron chi connectivity index (χ1n) is 10.1. The summed E-state index contributed by atoms with van der Waals surface area (Å²) in [4.78, 5) is 27.3. The van der Waals surface area contributed by atoms with Crippen LogP contribution in [0.3, 0.4) is 0 Å². The van der Waals surface area contributed by atoms with Crippen molar-refractivity contribution < 1.29 is 9.53 Å². The number of amides is 1. The maximum absolute atomic E-state index is 12.5. The topological polar surface area (TPSA) is 70.1 Å². The van der Waals surface area contributed by atoms with Gasteiger partial charge in [-0.05, 0) is 26.2 Å². The highest BCUT2D eigenvalue weighted by molar-refractivity contribution is 7.11. The fourth-order valence-corrected chi connectivity index (χ4v) is 4.28. The van der Waals surface area contributed by atoms with Gasteiger partial charge in [0.2, 0.25) is 0 Å². The number of carbonyl (C=O) groups is 1. The van der Waals surface area contributed by atoms with Crippen molar-refractivity contribution in [2.45, 2.75) is 45.6 Å². The minimum absolute atomic E-state index is 0.157. The third-order valence-corrected chi connectivity index (χ3v) is 6.17. The molecule has 1 amide bonds. The number of aromatic nitrogens is 1. The molecular weight excluding hydrogens is 362 g/mol. The van der Waals surface area contributed by atoms with Crippen LogP contribution in [0.1, 0.15) is 36.6 Å². The zero-order valence-electron chi connectivity index (χ0n) is 16.4. The molecule has 0 aliphatic carbocycles. The molecule has 8 heteroatoms. The largest absolute Gasteiger partial charge is 0.368 e. The van der Waals surface area contributed by atoms with Crippen molar-refractivity contribution in [1.29, 1.82) is 0 Å². The fourth-order valence-electron chi connectivity index (χ4n) is 3.43. The summed E-state index contributed by atoms with van der Waals surface area (Å²) in [5, 5.41) is 4.54. The lowest BCUT2D eigenvalue weighted by molar-refractivity contribution is -0.142. The Labute approximate surface area is 165 Å². The molecule has 0 saturated carbocycles. The van der Waals surface area contributed by atoms with Crippen LogP contribution in [0.15, 0.2) is 11.2 Å². The number of thiazole rings is 1. The summed E-state index contributed by atoms with van der Waals surface area (Å²) in [5.41, 5.74) is 0. The van der Waals surface area contributed by atoms with Crippen molar-refractivity contribution in [2.75, 3.05) is 45.9 Å². The number of piperazine rings is 1. The molecule has 27 heavy (non-hydrogen) atoms. The Morgan fingerprint density at radius 3 is 2.74 bits per heavy atom. The Hall–Kier alpha value is -1.67. The van der Waals surface area contributed by atoms with E-state index in [1.807, 2.05) is 11.1 Å². The Balaban J connectivity index is 1.50. The average molecular weight is 394 g/mol. The zero-order valence-corrected chi connectivity index (χ0v) is 17.3. The Bertz CT molecular complexity index is 634. The number of guanidine groups is 1. The SMILES string of the molecule is CCNC(=NCCc1ncc(CC)s1)N1CCN(C(=O)C2CCCO2)CC1. The first kappa shape index (κ1) is 20.1. The molecule has 1 aromatic heterocycles. The molecule has 2 aliphatic heterocycles. The molecule has 2 saturated heterocycles. The molecule has 1 unspecified atom stereocenters. The Morgan fingerprint density at radius 1 is 1.33 bits per heavy atom. The highest BCUT2D eigenvalue weighted by Gasteiger charge is 2.30. The van der Waals surface area contributed by atoms with E-state index in [2.05, 4.69) is 29.0 Å². The summed E-state index contributed by atoms with van der Waals surface area (Å²) in [7, 11) is 0. The average Bonchev–Trinajstić information content (AvgIpc) is 3.39. The van der Waals surface area contributed by atoms with Gasteiger partial charge in [0.25, 0.3) is 5.91 Å². The summed E-state index contributed by atoms with van der Waals surface area (Å²) >= 11 is 1.78. The molecular formula is C19H31N5O2S. The lowest BCUT2D eigenvalue weighted by Gasteiger charge is -2.37. The van der Waals surface area contributed by atoms with Crippen LogP contribution in [0.4, 0.5) is 0 Å². The normalized spacial score (nSPS) is 21.0. The second kappa shape index (κ2) is 10.0. The van der Waals surface area contributed by atoms with Crippen molar-refractivity contribution in [3.05, 3.63) is 16.1 Å². The van der Waals surface area contributed by atoms with Gasteiger partial charge in [-0.25, -0.2) is 4.98 Å². The minimum atomic E-state index is -0.218. The van der Waals surface area contributed by atoms with E-state index in [0.717, 1.165) is 75.9 Å². The number of nitrogens with one attached hydrogen (secondary N) is 1. The number of ether oxygens (including phenoxy) is 1. The predicted molar refractivity (Wildman–Crippen MR) is 108 cm³/mol. The molecule has 2 fully saturated rings. The highest BCUT2D eigenvalue weighted by Crippen LogP contribution is 2.16. The van der Waals surface area contributed by atoms with Gasteiger partial charge in [0.1, 0.15) is 6.10 Å². The summed E-state index contributed by atoms with van der Waals surface area (Å²) in [6.45, 7) is 9.60. The maximum Gasteiger partial charge on any atom is 0.251 e. The maximum atomic E-state index is 12.5. The number of hydrogen-bond donors (Lipinski definition) is 1. The third kappa shape index (κ3) is 5.42. The van der Waals surface area contributed by atoms with Crippen LogP contribution in [0.2, 0.25) is 0 Å². The van der Waals surface area contributed by atoms with Crippen LogP contribution in [-0.2, 0) is 22.4 Å². The highest BCUT2D eigenvalue weighted by atomic mass is 32.1. The second-order valence-corrected chi connectivity index (χ2v) is 8.07. The van der Waals surface area contributed by atoms with E-state index in [-0.39, 0.29) is 12.0 Å². The molecule has 1 aromatic rings. The van der Waals surface area contributed by atoms with E-state index in [9.17, 15) is 4.79 Å². The summed E-state index contributed by atoms with van der Waals surface area (Å²) < 4.78 is 5.54. The molecule has 0 radical (unpaired) electrons. The van der Waals surface area contributed by atoms with Gasteiger partial charge in [-0.3, -0.25) is 9.79 Å². The second-order valence-electron chi connectivity index (χ2n) is 6.87. The monoisotopic (exact) mass is 393 g/mol. The van der Waals surface area contributed by atoms with Crippen LogP contribution in [0.5, 0.6) is 0 Å². The van der Waals surface area contributed by atoms with Crippen molar-refractivity contribution in [2.24, 2.45) is 4.99 Å². The van der Waals surface area contributed by atoms with Crippen LogP contribution < -0.4 is 5.32 Å². The third-order valence-electron chi connectivity index (χ3n) is 4.97. The van der Waals surface area contributed by atoms with E-state index in [1.54, 1.807) is 11.3 Å². The van der Waals surface area contributed by atoms with E-state index >= 15 is 0 Å². The van der Waals surface area contributed by atoms with Gasteiger partial charge in [-0.1, -0.05) is 6.92 Å². The number of nitrogens with zero attached hydrogens (tertiary/aromatic N) is 4. The minimum Gasteiger partial charge on any atom is -0.368 e. The van der Waals surface area contributed by atoms with Gasteiger partial charge < -0.3 is 19.9 Å². The first-order chi connectivity index (χ1) is 13.2. The Morgan fingerprint density at radius 2 is 2.11 bits per heavy atom. The number of rotatable bonds is 6. The summed E-state index contributed by atoms with van der Waals surface area (Å²) in [6.07, 6.45) is 5.52. The fraction of sp³-hybridized carbons (Fsp3) is 0.737. The van der Waals surface area contributed by atoms with Gasteiger partial charge in [-0.15, -0.1) is 11.3 Å².